The number of thiocarbonyl (C=S) groups is 1. The number of aryl methyl sites for hydroxylation is 2. The second-order valence-electron chi connectivity index (χ2n) is 9.25. The van der Waals surface area contributed by atoms with Crippen molar-refractivity contribution in [2.75, 3.05) is 18.4 Å². The van der Waals surface area contributed by atoms with E-state index in [2.05, 4.69) is 17.2 Å². The Morgan fingerprint density at radius 2 is 1.89 bits per heavy atom. The van der Waals surface area contributed by atoms with Gasteiger partial charge in [-0.15, -0.1) is 0 Å². The first-order valence-electron chi connectivity index (χ1n) is 13.0. The van der Waals surface area contributed by atoms with Gasteiger partial charge < -0.3 is 9.88 Å². The number of carbonyl (C=O) groups is 1. The van der Waals surface area contributed by atoms with E-state index < -0.39 is 0 Å². The average molecular weight is 539 g/mol. The van der Waals surface area contributed by atoms with E-state index in [1.807, 2.05) is 29.8 Å². The van der Waals surface area contributed by atoms with Crippen LogP contribution in [0.25, 0.3) is 11.7 Å². The molecular formula is C27H34N6O2S2. The summed E-state index contributed by atoms with van der Waals surface area (Å²) in [4.78, 5) is 37.7. The van der Waals surface area contributed by atoms with E-state index in [9.17, 15) is 9.59 Å². The van der Waals surface area contributed by atoms with Crippen molar-refractivity contribution in [3.05, 3.63) is 63.4 Å². The molecule has 1 N–H and O–H groups in total. The molecule has 8 nitrogen and oxygen atoms in total. The van der Waals surface area contributed by atoms with Gasteiger partial charge in [-0.2, -0.15) is 0 Å². The Kier molecular flexibility index (Phi) is 9.51. The smallest absolute Gasteiger partial charge is 0.267 e. The Morgan fingerprint density at radius 3 is 2.68 bits per heavy atom. The molecule has 1 aliphatic heterocycles. The Balaban J connectivity index is 1.54. The average Bonchev–Trinajstić information content (AvgIpc) is 3.50. The highest BCUT2D eigenvalue weighted by atomic mass is 32.2. The molecule has 10 heteroatoms. The van der Waals surface area contributed by atoms with Crippen molar-refractivity contribution in [3.8, 4) is 0 Å². The fraction of sp³-hybridized carbons (Fsp3) is 0.444. The van der Waals surface area contributed by atoms with Crippen LogP contribution in [0.3, 0.4) is 0 Å². The van der Waals surface area contributed by atoms with Crippen LogP contribution in [0.5, 0.6) is 0 Å². The summed E-state index contributed by atoms with van der Waals surface area (Å²) in [7, 11) is 0. The SMILES string of the molecule is CCCCCCCCN1C(=O)/C(=C/c2c(NCCCn3ccnc3)nc3c(C)cccn3c2=O)SC1=S. The van der Waals surface area contributed by atoms with E-state index in [0.29, 0.717) is 39.3 Å². The summed E-state index contributed by atoms with van der Waals surface area (Å²) in [6.45, 7) is 6.16. The Labute approximate surface area is 227 Å². The predicted octanol–water partition coefficient (Wildman–Crippen LogP) is 5.26. The Hall–Kier alpha value is -2.98. The maximum absolute atomic E-state index is 13.5. The molecule has 3 aromatic heterocycles. The van der Waals surface area contributed by atoms with Gasteiger partial charge in [0.15, 0.2) is 0 Å². The van der Waals surface area contributed by atoms with Gasteiger partial charge >= 0.3 is 0 Å². The number of hydrogen-bond acceptors (Lipinski definition) is 7. The summed E-state index contributed by atoms with van der Waals surface area (Å²) >= 11 is 6.78. The summed E-state index contributed by atoms with van der Waals surface area (Å²) in [5, 5.41) is 3.34. The largest absolute Gasteiger partial charge is 0.369 e. The number of pyridine rings is 1. The number of thioether (sulfide) groups is 1. The fourth-order valence-corrected chi connectivity index (χ4v) is 5.63. The van der Waals surface area contributed by atoms with Gasteiger partial charge in [0, 0.05) is 38.2 Å². The minimum absolute atomic E-state index is 0.136. The number of imidazole rings is 1. The number of aromatic nitrogens is 4. The van der Waals surface area contributed by atoms with Gasteiger partial charge in [-0.3, -0.25) is 18.9 Å². The second kappa shape index (κ2) is 13.0. The molecule has 0 unspecified atom stereocenters. The molecule has 0 aromatic carbocycles. The van der Waals surface area contributed by atoms with Crippen molar-refractivity contribution in [2.24, 2.45) is 0 Å². The predicted molar refractivity (Wildman–Crippen MR) is 155 cm³/mol. The zero-order valence-electron chi connectivity index (χ0n) is 21.5. The lowest BCUT2D eigenvalue weighted by molar-refractivity contribution is -0.122. The van der Waals surface area contributed by atoms with Crippen LogP contribution in [0.1, 0.15) is 63.0 Å². The maximum Gasteiger partial charge on any atom is 0.267 e. The number of hydrogen-bond donors (Lipinski definition) is 1. The number of fused-ring (bicyclic) bond motifs is 1. The van der Waals surface area contributed by atoms with Crippen molar-refractivity contribution in [1.82, 2.24) is 23.8 Å². The first-order valence-corrected chi connectivity index (χ1v) is 14.2. The second-order valence-corrected chi connectivity index (χ2v) is 10.9. The van der Waals surface area contributed by atoms with Gasteiger partial charge in [0.05, 0.1) is 16.8 Å². The molecule has 1 aliphatic rings. The van der Waals surface area contributed by atoms with Crippen molar-refractivity contribution < 1.29 is 4.79 Å². The maximum atomic E-state index is 13.5. The Bertz CT molecular complexity index is 1330. The number of carbonyl (C=O) groups excluding carboxylic acids is 1. The van der Waals surface area contributed by atoms with Crippen LogP contribution in [0.4, 0.5) is 5.82 Å². The van der Waals surface area contributed by atoms with E-state index in [1.165, 1.54) is 41.8 Å². The third-order valence-electron chi connectivity index (χ3n) is 6.41. The highest BCUT2D eigenvalue weighted by molar-refractivity contribution is 8.26. The van der Waals surface area contributed by atoms with E-state index in [4.69, 9.17) is 17.2 Å². The zero-order chi connectivity index (χ0) is 26.2. The van der Waals surface area contributed by atoms with Gasteiger partial charge in [0.25, 0.3) is 11.5 Å². The lowest BCUT2D eigenvalue weighted by atomic mass is 10.1. The minimum Gasteiger partial charge on any atom is -0.369 e. The minimum atomic E-state index is -0.216. The summed E-state index contributed by atoms with van der Waals surface area (Å²) in [6.07, 6.45) is 16.5. The molecule has 1 saturated heterocycles. The summed E-state index contributed by atoms with van der Waals surface area (Å²) in [6, 6.07) is 3.76. The van der Waals surface area contributed by atoms with Crippen LogP contribution in [-0.2, 0) is 11.3 Å². The van der Waals surface area contributed by atoms with Crippen molar-refractivity contribution >= 4 is 51.7 Å². The quantitative estimate of drug-likeness (QED) is 0.180. The van der Waals surface area contributed by atoms with Crippen molar-refractivity contribution in [1.29, 1.82) is 0 Å². The number of nitrogens with one attached hydrogen (secondary N) is 1. The summed E-state index contributed by atoms with van der Waals surface area (Å²) < 4.78 is 4.09. The van der Waals surface area contributed by atoms with Gasteiger partial charge in [0.1, 0.15) is 15.8 Å². The molecular weight excluding hydrogens is 504 g/mol. The fourth-order valence-electron chi connectivity index (χ4n) is 4.34. The topological polar surface area (TPSA) is 84.5 Å². The van der Waals surface area contributed by atoms with Crippen LogP contribution in [0, 0.1) is 6.92 Å². The number of rotatable bonds is 13. The standard InChI is InChI=1S/C27H34N6O2S2/c1-3-4-5-6-7-8-15-33-26(35)22(37-27(33)36)18-21-23(29-12-10-14-31-17-13-28-19-31)30-24-20(2)11-9-16-32(24)25(21)34/h9,11,13,16-19,29H,3-8,10,12,14-15H2,1-2H3/b22-18-. The molecule has 1 fully saturated rings. The molecule has 0 aliphatic carbocycles. The highest BCUT2D eigenvalue weighted by Gasteiger charge is 2.32. The molecule has 37 heavy (non-hydrogen) atoms. The van der Waals surface area contributed by atoms with Gasteiger partial charge in [0.2, 0.25) is 0 Å². The molecule has 4 rings (SSSR count). The first-order chi connectivity index (χ1) is 18.0. The third kappa shape index (κ3) is 6.67. The van der Waals surface area contributed by atoms with E-state index in [1.54, 1.807) is 29.7 Å². The molecule has 3 aromatic rings. The van der Waals surface area contributed by atoms with Crippen LogP contribution in [-0.4, -0.2) is 47.2 Å². The molecule has 196 valence electrons. The van der Waals surface area contributed by atoms with Gasteiger partial charge in [-0.1, -0.05) is 69.1 Å². The van der Waals surface area contributed by atoms with Crippen LogP contribution < -0.4 is 10.9 Å². The van der Waals surface area contributed by atoms with Crippen LogP contribution in [0.15, 0.2) is 46.8 Å². The zero-order valence-corrected chi connectivity index (χ0v) is 23.1. The lowest BCUT2D eigenvalue weighted by Crippen LogP contribution is -2.29. The number of amides is 1. The number of nitrogens with zero attached hydrogens (tertiary/aromatic N) is 5. The third-order valence-corrected chi connectivity index (χ3v) is 7.79. The Morgan fingerprint density at radius 1 is 1.08 bits per heavy atom. The number of unbranched alkanes of at least 4 members (excludes halogenated alkanes) is 5. The van der Waals surface area contributed by atoms with E-state index in [-0.39, 0.29) is 11.5 Å². The summed E-state index contributed by atoms with van der Waals surface area (Å²) in [5.41, 5.74) is 1.65. The first kappa shape index (κ1) is 27.1. The van der Waals surface area contributed by atoms with E-state index in [0.717, 1.165) is 31.4 Å². The molecule has 0 saturated carbocycles. The molecule has 4 heterocycles. The molecule has 0 spiro atoms. The molecule has 0 radical (unpaired) electrons. The number of anilines is 1. The molecule has 1 amide bonds. The van der Waals surface area contributed by atoms with Crippen LogP contribution >= 0.6 is 24.0 Å². The summed E-state index contributed by atoms with van der Waals surface area (Å²) in [5.74, 6) is 0.342. The van der Waals surface area contributed by atoms with E-state index >= 15 is 0 Å². The molecule has 0 bridgehead atoms. The monoisotopic (exact) mass is 538 g/mol. The van der Waals surface area contributed by atoms with Crippen molar-refractivity contribution in [2.45, 2.75) is 65.3 Å². The normalized spacial score (nSPS) is 14.9. The lowest BCUT2D eigenvalue weighted by Gasteiger charge is -2.14. The van der Waals surface area contributed by atoms with Crippen LogP contribution in [0.2, 0.25) is 0 Å². The van der Waals surface area contributed by atoms with Gasteiger partial charge in [-0.05, 0) is 37.5 Å². The van der Waals surface area contributed by atoms with Gasteiger partial charge in [-0.25, -0.2) is 9.97 Å². The van der Waals surface area contributed by atoms with Crippen molar-refractivity contribution in [3.63, 3.8) is 0 Å². The molecule has 0 atom stereocenters. The highest BCUT2D eigenvalue weighted by Crippen LogP contribution is 2.33.